The van der Waals surface area contributed by atoms with Gasteiger partial charge in [0.25, 0.3) is 0 Å². The summed E-state index contributed by atoms with van der Waals surface area (Å²) in [5.74, 6) is 2.60. The first-order valence-corrected chi connectivity index (χ1v) is 6.19. The highest BCUT2D eigenvalue weighted by molar-refractivity contribution is 5.39. The van der Waals surface area contributed by atoms with Gasteiger partial charge in [0.2, 0.25) is 0 Å². The average molecular weight is 201 g/mol. The Morgan fingerprint density at radius 3 is 2.53 bits per heavy atom. The van der Waals surface area contributed by atoms with Gasteiger partial charge in [-0.3, -0.25) is 0 Å². The lowest BCUT2D eigenvalue weighted by Gasteiger charge is -2.10. The summed E-state index contributed by atoms with van der Waals surface area (Å²) in [6.45, 7) is 0.830. The van der Waals surface area contributed by atoms with E-state index >= 15 is 0 Å². The maximum atomic E-state index is 5.70. The molecule has 2 aliphatic rings. The summed E-state index contributed by atoms with van der Waals surface area (Å²) >= 11 is 0. The van der Waals surface area contributed by atoms with E-state index in [0.29, 0.717) is 0 Å². The number of benzene rings is 1. The van der Waals surface area contributed by atoms with Gasteiger partial charge in [0.15, 0.2) is 0 Å². The standard InChI is InChI=1S/C14H19N/c15-8-7-11-9-14(10-5-6-10)13-4-2-1-3-12(11)13/h1-4,10-11,14H,5-9,15H2. The van der Waals surface area contributed by atoms with Gasteiger partial charge in [-0.2, -0.15) is 0 Å². The van der Waals surface area contributed by atoms with E-state index in [1.807, 2.05) is 0 Å². The molecule has 0 aromatic heterocycles. The van der Waals surface area contributed by atoms with Crippen molar-refractivity contribution >= 4 is 0 Å². The maximum Gasteiger partial charge on any atom is -0.00714 e. The van der Waals surface area contributed by atoms with E-state index in [1.54, 1.807) is 11.1 Å². The van der Waals surface area contributed by atoms with Crippen LogP contribution in [0.3, 0.4) is 0 Å². The summed E-state index contributed by atoms with van der Waals surface area (Å²) in [7, 11) is 0. The van der Waals surface area contributed by atoms with Crippen molar-refractivity contribution < 1.29 is 0 Å². The molecule has 2 unspecified atom stereocenters. The fourth-order valence-corrected chi connectivity index (χ4v) is 3.20. The highest BCUT2D eigenvalue weighted by atomic mass is 14.5. The van der Waals surface area contributed by atoms with Crippen molar-refractivity contribution in [3.8, 4) is 0 Å². The molecule has 2 atom stereocenters. The topological polar surface area (TPSA) is 26.0 Å². The lowest BCUT2D eigenvalue weighted by atomic mass is 9.95. The highest BCUT2D eigenvalue weighted by Crippen LogP contribution is 2.53. The van der Waals surface area contributed by atoms with Crippen molar-refractivity contribution in [3.63, 3.8) is 0 Å². The summed E-state index contributed by atoms with van der Waals surface area (Å²) in [5, 5.41) is 0. The molecule has 0 spiro atoms. The van der Waals surface area contributed by atoms with Crippen LogP contribution in [0.15, 0.2) is 24.3 Å². The Morgan fingerprint density at radius 1 is 1.13 bits per heavy atom. The predicted molar refractivity (Wildman–Crippen MR) is 62.9 cm³/mol. The molecule has 1 aromatic carbocycles. The third kappa shape index (κ3) is 1.59. The molecule has 1 fully saturated rings. The van der Waals surface area contributed by atoms with Crippen LogP contribution in [0.25, 0.3) is 0 Å². The highest BCUT2D eigenvalue weighted by Gasteiger charge is 2.39. The van der Waals surface area contributed by atoms with Crippen molar-refractivity contribution in [1.82, 2.24) is 0 Å². The zero-order valence-corrected chi connectivity index (χ0v) is 9.15. The third-order valence-corrected chi connectivity index (χ3v) is 4.08. The van der Waals surface area contributed by atoms with Gasteiger partial charge in [-0.05, 0) is 61.1 Å². The fourth-order valence-electron chi connectivity index (χ4n) is 3.20. The molecule has 2 N–H and O–H groups in total. The second kappa shape index (κ2) is 3.64. The van der Waals surface area contributed by atoms with Crippen LogP contribution in [-0.2, 0) is 0 Å². The van der Waals surface area contributed by atoms with Gasteiger partial charge in [0.1, 0.15) is 0 Å². The number of nitrogens with two attached hydrogens (primary N) is 1. The quantitative estimate of drug-likeness (QED) is 0.799. The molecule has 1 nitrogen and oxygen atoms in total. The van der Waals surface area contributed by atoms with E-state index < -0.39 is 0 Å². The number of hydrogen-bond acceptors (Lipinski definition) is 1. The molecular weight excluding hydrogens is 182 g/mol. The molecule has 1 heteroatoms. The molecule has 15 heavy (non-hydrogen) atoms. The van der Waals surface area contributed by atoms with Crippen molar-refractivity contribution in [1.29, 1.82) is 0 Å². The van der Waals surface area contributed by atoms with Gasteiger partial charge in [0.05, 0.1) is 0 Å². The van der Waals surface area contributed by atoms with E-state index in [1.165, 1.54) is 25.7 Å². The Labute approximate surface area is 91.7 Å². The van der Waals surface area contributed by atoms with E-state index in [-0.39, 0.29) is 0 Å². The van der Waals surface area contributed by atoms with Gasteiger partial charge < -0.3 is 5.73 Å². The zero-order valence-electron chi connectivity index (χ0n) is 9.15. The Kier molecular flexibility index (Phi) is 2.28. The molecule has 0 amide bonds. The number of rotatable bonds is 3. The van der Waals surface area contributed by atoms with Crippen LogP contribution in [0.1, 0.15) is 48.6 Å². The van der Waals surface area contributed by atoms with Crippen LogP contribution in [0.4, 0.5) is 0 Å². The Balaban J connectivity index is 1.92. The molecule has 3 rings (SSSR count). The predicted octanol–water partition coefficient (Wildman–Crippen LogP) is 3.02. The smallest absolute Gasteiger partial charge is 0.00714 e. The van der Waals surface area contributed by atoms with Gasteiger partial charge in [-0.1, -0.05) is 24.3 Å². The second-order valence-electron chi connectivity index (χ2n) is 5.08. The summed E-state index contributed by atoms with van der Waals surface area (Å²) in [5.41, 5.74) is 8.94. The first kappa shape index (κ1) is 9.41. The summed E-state index contributed by atoms with van der Waals surface area (Å²) in [6.07, 6.45) is 5.43. The van der Waals surface area contributed by atoms with Crippen LogP contribution < -0.4 is 5.73 Å². The molecule has 0 saturated heterocycles. The minimum Gasteiger partial charge on any atom is -0.330 e. The molecule has 1 saturated carbocycles. The van der Waals surface area contributed by atoms with E-state index in [2.05, 4.69) is 24.3 Å². The van der Waals surface area contributed by atoms with E-state index in [9.17, 15) is 0 Å². The Morgan fingerprint density at radius 2 is 1.87 bits per heavy atom. The average Bonchev–Trinajstić information content (AvgIpc) is 3.04. The van der Waals surface area contributed by atoms with Crippen LogP contribution in [0.2, 0.25) is 0 Å². The number of hydrogen-bond donors (Lipinski definition) is 1. The van der Waals surface area contributed by atoms with Crippen LogP contribution in [0.5, 0.6) is 0 Å². The van der Waals surface area contributed by atoms with Crippen LogP contribution in [-0.4, -0.2) is 6.54 Å². The molecule has 0 radical (unpaired) electrons. The van der Waals surface area contributed by atoms with E-state index in [0.717, 1.165) is 24.3 Å². The first-order chi connectivity index (χ1) is 7.40. The molecule has 80 valence electrons. The van der Waals surface area contributed by atoms with Gasteiger partial charge in [-0.15, -0.1) is 0 Å². The zero-order chi connectivity index (χ0) is 10.3. The Bertz CT molecular complexity index is 354. The Hall–Kier alpha value is -0.820. The van der Waals surface area contributed by atoms with Crippen molar-refractivity contribution in [3.05, 3.63) is 35.4 Å². The van der Waals surface area contributed by atoms with Gasteiger partial charge in [0, 0.05) is 0 Å². The van der Waals surface area contributed by atoms with Crippen LogP contribution >= 0.6 is 0 Å². The summed E-state index contributed by atoms with van der Waals surface area (Å²) in [6, 6.07) is 9.03. The van der Waals surface area contributed by atoms with Crippen molar-refractivity contribution in [2.75, 3.05) is 6.54 Å². The summed E-state index contributed by atoms with van der Waals surface area (Å²) < 4.78 is 0. The van der Waals surface area contributed by atoms with E-state index in [4.69, 9.17) is 5.73 Å². The molecule has 0 bridgehead atoms. The van der Waals surface area contributed by atoms with Crippen molar-refractivity contribution in [2.24, 2.45) is 11.7 Å². The maximum absolute atomic E-state index is 5.70. The van der Waals surface area contributed by atoms with Crippen molar-refractivity contribution in [2.45, 2.75) is 37.5 Å². The molecule has 1 aromatic rings. The largest absolute Gasteiger partial charge is 0.330 e. The van der Waals surface area contributed by atoms with Crippen LogP contribution in [0, 0.1) is 5.92 Å². The second-order valence-corrected chi connectivity index (χ2v) is 5.08. The SMILES string of the molecule is NCCC1CC(C2CC2)c2ccccc21. The lowest BCUT2D eigenvalue weighted by molar-refractivity contribution is 0.523. The fraction of sp³-hybridized carbons (Fsp3) is 0.571. The molecule has 2 aliphatic carbocycles. The minimum atomic E-state index is 0.747. The normalized spacial score (nSPS) is 29.1. The molecule has 0 aliphatic heterocycles. The monoisotopic (exact) mass is 201 g/mol. The molecule has 0 heterocycles. The lowest BCUT2D eigenvalue weighted by Crippen LogP contribution is -2.05. The van der Waals surface area contributed by atoms with Gasteiger partial charge >= 0.3 is 0 Å². The molecular formula is C14H19N. The summed E-state index contributed by atoms with van der Waals surface area (Å²) in [4.78, 5) is 0. The minimum absolute atomic E-state index is 0.747. The van der Waals surface area contributed by atoms with Gasteiger partial charge in [-0.25, -0.2) is 0 Å². The third-order valence-electron chi connectivity index (χ3n) is 4.08. The first-order valence-electron chi connectivity index (χ1n) is 6.19. The number of fused-ring (bicyclic) bond motifs is 1.